The highest BCUT2D eigenvalue weighted by Gasteiger charge is 2.18. The molecule has 8 nitrogen and oxygen atoms in total. The van der Waals surface area contributed by atoms with Crippen molar-refractivity contribution in [1.82, 2.24) is 15.1 Å². The molecule has 2 unspecified atom stereocenters. The van der Waals surface area contributed by atoms with E-state index in [4.69, 9.17) is 9.26 Å². The van der Waals surface area contributed by atoms with Crippen molar-refractivity contribution in [2.75, 3.05) is 16.3 Å². The fourth-order valence-electron chi connectivity index (χ4n) is 3.19. The fourth-order valence-corrected chi connectivity index (χ4v) is 3.81. The number of aromatic nitrogens is 3. The number of rotatable bonds is 7. The van der Waals surface area contributed by atoms with Crippen LogP contribution in [0.2, 0.25) is 0 Å². The van der Waals surface area contributed by atoms with E-state index in [1.54, 1.807) is 19.9 Å². The average molecular weight is 474 g/mol. The van der Waals surface area contributed by atoms with Gasteiger partial charge in [-0.2, -0.15) is 0 Å². The van der Waals surface area contributed by atoms with Crippen molar-refractivity contribution in [2.45, 2.75) is 20.0 Å². The summed E-state index contributed by atoms with van der Waals surface area (Å²) >= 11 is 0. The second-order valence-corrected chi connectivity index (χ2v) is 9.79. The Morgan fingerprint density at radius 3 is 2.67 bits per heavy atom. The zero-order valence-electron chi connectivity index (χ0n) is 18.1. The SMILES string of the molecule is C=S(C)(=O)Nc1cc(F)c2c(Nc3ccc(F)cc3OC(C)c3cc(C)no3)ncnc2c1. The summed E-state index contributed by atoms with van der Waals surface area (Å²) < 4.78 is 54.7. The zero-order valence-corrected chi connectivity index (χ0v) is 18.9. The molecule has 2 heterocycles. The Hall–Kier alpha value is -3.73. The van der Waals surface area contributed by atoms with Gasteiger partial charge < -0.3 is 19.3 Å². The predicted octanol–water partition coefficient (Wildman–Crippen LogP) is 4.76. The summed E-state index contributed by atoms with van der Waals surface area (Å²) in [5, 5.41) is 6.93. The Kier molecular flexibility index (Phi) is 5.90. The largest absolute Gasteiger partial charge is 0.480 e. The number of hydrogen-bond donors (Lipinski definition) is 2. The van der Waals surface area contributed by atoms with Gasteiger partial charge in [-0.05, 0) is 44.0 Å². The minimum atomic E-state index is -2.60. The number of nitrogens with zero attached hydrogens (tertiary/aromatic N) is 3. The summed E-state index contributed by atoms with van der Waals surface area (Å²) in [6, 6.07) is 8.34. The number of aryl methyl sites for hydroxylation is 1. The summed E-state index contributed by atoms with van der Waals surface area (Å²) in [5.74, 6) is 3.14. The Bertz CT molecular complexity index is 1440. The van der Waals surface area contributed by atoms with Crippen LogP contribution in [0.25, 0.3) is 10.9 Å². The van der Waals surface area contributed by atoms with E-state index in [9.17, 15) is 13.0 Å². The van der Waals surface area contributed by atoms with Crippen LogP contribution in [-0.4, -0.2) is 31.5 Å². The molecule has 2 aromatic carbocycles. The van der Waals surface area contributed by atoms with Crippen LogP contribution < -0.4 is 14.8 Å². The van der Waals surface area contributed by atoms with Gasteiger partial charge in [-0.1, -0.05) is 5.16 Å². The van der Waals surface area contributed by atoms with Gasteiger partial charge in [-0.3, -0.25) is 0 Å². The maximum atomic E-state index is 15.0. The molecule has 0 radical (unpaired) electrons. The molecule has 0 amide bonds. The minimum Gasteiger partial charge on any atom is -0.480 e. The molecule has 33 heavy (non-hydrogen) atoms. The quantitative estimate of drug-likeness (QED) is 0.373. The minimum absolute atomic E-state index is 0.101. The third kappa shape index (κ3) is 5.20. The predicted molar refractivity (Wildman–Crippen MR) is 124 cm³/mol. The summed E-state index contributed by atoms with van der Waals surface area (Å²) in [6.07, 6.45) is 2.09. The Morgan fingerprint density at radius 2 is 1.97 bits per heavy atom. The van der Waals surface area contributed by atoms with Crippen molar-refractivity contribution in [3.63, 3.8) is 0 Å². The van der Waals surface area contributed by atoms with Crippen LogP contribution >= 0.6 is 0 Å². The van der Waals surface area contributed by atoms with E-state index < -0.39 is 27.4 Å². The van der Waals surface area contributed by atoms with Crippen LogP contribution in [0.15, 0.2) is 47.2 Å². The second kappa shape index (κ2) is 8.66. The van der Waals surface area contributed by atoms with E-state index in [0.29, 0.717) is 17.1 Å². The number of nitrogens with one attached hydrogen (secondary N) is 2. The van der Waals surface area contributed by atoms with Crippen molar-refractivity contribution in [1.29, 1.82) is 0 Å². The standard InChI is InChI=1S/C22H21F2N5O3S/c1-12-7-19(32-28-12)13(2)31-20-8-14(23)5-6-17(20)27-22-21-16(24)9-15(29-33(3,4)30)10-18(21)25-11-26-22/h5-11,13H,3H2,1-2,4H3,(H,29,30)(H,25,26,27). The van der Waals surface area contributed by atoms with E-state index in [2.05, 4.69) is 31.0 Å². The molecule has 2 atom stereocenters. The first-order chi connectivity index (χ1) is 15.6. The highest BCUT2D eigenvalue weighted by atomic mass is 32.2. The number of anilines is 3. The number of halogens is 2. The molecule has 11 heteroatoms. The maximum Gasteiger partial charge on any atom is 0.177 e. The first-order valence-corrected chi connectivity index (χ1v) is 11.9. The lowest BCUT2D eigenvalue weighted by Crippen LogP contribution is -2.10. The lowest BCUT2D eigenvalue weighted by Gasteiger charge is -2.17. The molecule has 172 valence electrons. The Labute approximate surface area is 189 Å². The van der Waals surface area contributed by atoms with Crippen molar-refractivity contribution >= 4 is 43.7 Å². The average Bonchev–Trinajstić information content (AvgIpc) is 3.15. The Balaban J connectivity index is 1.70. The van der Waals surface area contributed by atoms with Crippen LogP contribution in [0.5, 0.6) is 5.75 Å². The van der Waals surface area contributed by atoms with E-state index in [1.807, 2.05) is 0 Å². The van der Waals surface area contributed by atoms with E-state index in [0.717, 1.165) is 0 Å². The summed E-state index contributed by atoms with van der Waals surface area (Å²) in [7, 11) is -2.60. The first-order valence-electron chi connectivity index (χ1n) is 9.80. The molecule has 0 aliphatic rings. The normalized spacial score (nSPS) is 14.0. The lowest BCUT2D eigenvalue weighted by molar-refractivity contribution is 0.182. The maximum absolute atomic E-state index is 15.0. The smallest absolute Gasteiger partial charge is 0.177 e. The number of hydrogen-bond acceptors (Lipinski definition) is 7. The van der Waals surface area contributed by atoms with Crippen LogP contribution in [0, 0.1) is 18.6 Å². The first kappa shape index (κ1) is 22.5. The summed E-state index contributed by atoms with van der Waals surface area (Å²) in [4.78, 5) is 8.25. The van der Waals surface area contributed by atoms with Gasteiger partial charge in [0.15, 0.2) is 11.9 Å². The van der Waals surface area contributed by atoms with Gasteiger partial charge in [0.2, 0.25) is 0 Å². The monoisotopic (exact) mass is 473 g/mol. The van der Waals surface area contributed by atoms with Crippen molar-refractivity contribution in [2.24, 2.45) is 0 Å². The van der Waals surface area contributed by atoms with Gasteiger partial charge in [0.05, 0.1) is 28.0 Å². The van der Waals surface area contributed by atoms with Gasteiger partial charge in [0.1, 0.15) is 29.5 Å². The third-order valence-corrected chi connectivity index (χ3v) is 5.24. The topological polar surface area (TPSA) is 102 Å². The molecule has 4 aromatic rings. The van der Waals surface area contributed by atoms with Crippen LogP contribution in [0.3, 0.4) is 0 Å². The van der Waals surface area contributed by atoms with E-state index in [1.165, 1.54) is 42.9 Å². The molecule has 0 fully saturated rings. The molecular formula is C22H21F2N5O3S. The third-order valence-electron chi connectivity index (χ3n) is 4.57. The fraction of sp³-hybridized carbons (Fsp3) is 0.182. The van der Waals surface area contributed by atoms with Crippen LogP contribution in [0.4, 0.5) is 26.0 Å². The van der Waals surface area contributed by atoms with E-state index >= 15 is 0 Å². The molecule has 0 saturated carbocycles. The molecule has 0 spiro atoms. The van der Waals surface area contributed by atoms with Gasteiger partial charge >= 0.3 is 0 Å². The number of fused-ring (bicyclic) bond motifs is 1. The molecule has 0 bridgehead atoms. The highest BCUT2D eigenvalue weighted by molar-refractivity contribution is 8.00. The van der Waals surface area contributed by atoms with E-state index in [-0.39, 0.29) is 28.2 Å². The second-order valence-electron chi connectivity index (χ2n) is 7.58. The molecule has 0 aliphatic heterocycles. The Morgan fingerprint density at radius 1 is 1.18 bits per heavy atom. The molecule has 0 saturated heterocycles. The van der Waals surface area contributed by atoms with Gasteiger partial charge in [-0.15, -0.1) is 0 Å². The van der Waals surface area contributed by atoms with Gasteiger partial charge in [0.25, 0.3) is 0 Å². The van der Waals surface area contributed by atoms with Crippen LogP contribution in [0.1, 0.15) is 24.5 Å². The van der Waals surface area contributed by atoms with Crippen molar-refractivity contribution < 1.29 is 22.2 Å². The van der Waals surface area contributed by atoms with Gasteiger partial charge in [-0.25, -0.2) is 23.0 Å². The number of ether oxygens (including phenoxy) is 1. The number of benzene rings is 2. The zero-order chi connectivity index (χ0) is 23.8. The van der Waals surface area contributed by atoms with Crippen molar-refractivity contribution in [3.05, 3.63) is 65.8 Å². The molecule has 2 aromatic heterocycles. The highest BCUT2D eigenvalue weighted by Crippen LogP contribution is 2.35. The van der Waals surface area contributed by atoms with Crippen LogP contribution in [-0.2, 0) is 9.71 Å². The molecular weight excluding hydrogens is 452 g/mol. The van der Waals surface area contributed by atoms with Gasteiger partial charge in [0, 0.05) is 28.1 Å². The molecule has 0 aliphatic carbocycles. The van der Waals surface area contributed by atoms with Crippen molar-refractivity contribution in [3.8, 4) is 5.75 Å². The summed E-state index contributed by atoms with van der Waals surface area (Å²) in [6.45, 7) is 3.51. The lowest BCUT2D eigenvalue weighted by atomic mass is 10.2. The molecule has 4 rings (SSSR count). The molecule has 2 N–H and O–H groups in total. The summed E-state index contributed by atoms with van der Waals surface area (Å²) in [5.41, 5.74) is 1.59.